The number of halogens is 2. The van der Waals surface area contributed by atoms with E-state index in [1.165, 1.54) is 11.1 Å². The molecule has 1 aromatic heterocycles. The number of amides is 1. The second-order valence-corrected chi connectivity index (χ2v) is 4.65. The molecule has 1 aromatic rings. The lowest BCUT2D eigenvalue weighted by Crippen LogP contribution is -2.26. The van der Waals surface area contributed by atoms with E-state index < -0.39 is 0 Å². The van der Waals surface area contributed by atoms with Crippen LogP contribution in [0.15, 0.2) is 6.20 Å². The van der Waals surface area contributed by atoms with Gasteiger partial charge in [-0.15, -0.1) is 0 Å². The summed E-state index contributed by atoms with van der Waals surface area (Å²) in [6, 6.07) is 0. The molecule has 2 heterocycles. The third kappa shape index (κ3) is 2.19. The van der Waals surface area contributed by atoms with Gasteiger partial charge in [0.25, 0.3) is 0 Å². The molecule has 1 aliphatic heterocycles. The molecule has 1 saturated heterocycles. The van der Waals surface area contributed by atoms with E-state index in [0.29, 0.717) is 23.8 Å². The van der Waals surface area contributed by atoms with Crippen LogP contribution >= 0.6 is 35.8 Å². The van der Waals surface area contributed by atoms with Crippen molar-refractivity contribution < 1.29 is 4.79 Å². The van der Waals surface area contributed by atoms with Gasteiger partial charge in [-0.2, -0.15) is 17.6 Å². The van der Waals surface area contributed by atoms with Gasteiger partial charge in [0, 0.05) is 18.2 Å². The highest BCUT2D eigenvalue weighted by Gasteiger charge is 2.30. The molecule has 0 aromatic carbocycles. The Morgan fingerprint density at radius 3 is 2.87 bits per heavy atom. The lowest BCUT2D eigenvalue weighted by molar-refractivity contribution is -0.117. The van der Waals surface area contributed by atoms with E-state index in [1.54, 1.807) is 0 Å². The van der Waals surface area contributed by atoms with E-state index in [-0.39, 0.29) is 16.4 Å². The first-order valence-electron chi connectivity index (χ1n) is 4.24. The minimum atomic E-state index is -0.0494. The van der Waals surface area contributed by atoms with Crippen molar-refractivity contribution in [2.24, 2.45) is 0 Å². The van der Waals surface area contributed by atoms with Gasteiger partial charge in [-0.3, -0.25) is 9.69 Å². The Morgan fingerprint density at radius 1 is 1.53 bits per heavy atom. The summed E-state index contributed by atoms with van der Waals surface area (Å²) in [6.45, 7) is 0.495. The highest BCUT2D eigenvalue weighted by atomic mass is 35.5. The summed E-state index contributed by atoms with van der Waals surface area (Å²) in [5.74, 6) is 0.310. The molecule has 1 amide bonds. The lowest BCUT2D eigenvalue weighted by Gasteiger charge is -2.15. The summed E-state index contributed by atoms with van der Waals surface area (Å²) >= 11 is 15.8. The normalized spacial score (nSPS) is 21.1. The quantitative estimate of drug-likeness (QED) is 0.621. The van der Waals surface area contributed by atoms with Gasteiger partial charge in [-0.05, 0) is 11.6 Å². The Labute approximate surface area is 102 Å². The summed E-state index contributed by atoms with van der Waals surface area (Å²) in [6.07, 6.45) is 1.77. The van der Waals surface area contributed by atoms with Crippen LogP contribution in [-0.2, 0) is 4.79 Å². The maximum atomic E-state index is 11.6. The zero-order valence-electron chi connectivity index (χ0n) is 7.52. The molecule has 2 rings (SSSR count). The summed E-state index contributed by atoms with van der Waals surface area (Å²) < 4.78 is 0. The third-order valence-electron chi connectivity index (χ3n) is 2.06. The van der Waals surface area contributed by atoms with Crippen LogP contribution in [0.5, 0.6) is 0 Å². The molecule has 80 valence electrons. The Kier molecular flexibility index (Phi) is 3.04. The van der Waals surface area contributed by atoms with Crippen molar-refractivity contribution in [3.63, 3.8) is 0 Å². The molecule has 0 bridgehead atoms. The van der Waals surface area contributed by atoms with Crippen LogP contribution < -0.4 is 4.90 Å². The Balaban J connectivity index is 2.37. The van der Waals surface area contributed by atoms with Crippen molar-refractivity contribution in [1.82, 2.24) is 9.97 Å². The first-order chi connectivity index (χ1) is 7.08. The van der Waals surface area contributed by atoms with E-state index in [4.69, 9.17) is 23.2 Å². The number of anilines is 1. The summed E-state index contributed by atoms with van der Waals surface area (Å²) in [4.78, 5) is 20.7. The van der Waals surface area contributed by atoms with Crippen molar-refractivity contribution in [3.8, 4) is 0 Å². The van der Waals surface area contributed by atoms with Crippen molar-refractivity contribution >= 4 is 47.6 Å². The van der Waals surface area contributed by atoms with Crippen LogP contribution in [0.4, 0.5) is 5.82 Å². The van der Waals surface area contributed by atoms with Crippen LogP contribution in [0.25, 0.3) is 0 Å². The SMILES string of the molecule is O=C1CC(S)CN1c1nc(Cl)ncc1Cl. The number of hydrogen-bond acceptors (Lipinski definition) is 4. The van der Waals surface area contributed by atoms with Crippen molar-refractivity contribution in [2.75, 3.05) is 11.4 Å². The second-order valence-electron chi connectivity index (χ2n) is 3.17. The minimum absolute atomic E-state index is 0.0160. The molecule has 0 radical (unpaired) electrons. The molecular weight excluding hydrogens is 257 g/mol. The van der Waals surface area contributed by atoms with Crippen LogP contribution in [0.2, 0.25) is 10.3 Å². The third-order valence-corrected chi connectivity index (χ3v) is 2.85. The fourth-order valence-electron chi connectivity index (χ4n) is 1.42. The average molecular weight is 264 g/mol. The standard InChI is InChI=1S/C8H7Cl2N3OS/c9-5-2-11-8(10)12-7(5)13-3-4(15)1-6(13)14/h2,4,15H,1,3H2. The zero-order valence-corrected chi connectivity index (χ0v) is 9.93. The van der Waals surface area contributed by atoms with E-state index >= 15 is 0 Å². The van der Waals surface area contributed by atoms with Gasteiger partial charge in [0.15, 0.2) is 5.82 Å². The van der Waals surface area contributed by atoms with Gasteiger partial charge in [0.05, 0.1) is 6.20 Å². The Morgan fingerprint density at radius 2 is 2.27 bits per heavy atom. The first kappa shape index (κ1) is 11.0. The van der Waals surface area contributed by atoms with E-state index in [2.05, 4.69) is 22.6 Å². The summed E-state index contributed by atoms with van der Waals surface area (Å²) in [7, 11) is 0. The van der Waals surface area contributed by atoms with Crippen molar-refractivity contribution in [2.45, 2.75) is 11.7 Å². The smallest absolute Gasteiger partial charge is 0.229 e. The van der Waals surface area contributed by atoms with Crippen molar-refractivity contribution in [3.05, 3.63) is 16.5 Å². The van der Waals surface area contributed by atoms with Gasteiger partial charge in [-0.1, -0.05) is 11.6 Å². The van der Waals surface area contributed by atoms with Gasteiger partial charge >= 0.3 is 0 Å². The van der Waals surface area contributed by atoms with Gasteiger partial charge in [0.2, 0.25) is 11.2 Å². The molecule has 0 saturated carbocycles. The Bertz CT molecular complexity index is 415. The van der Waals surface area contributed by atoms with E-state index in [9.17, 15) is 4.79 Å². The maximum Gasteiger partial charge on any atom is 0.229 e. The number of carbonyl (C=O) groups excluding carboxylic acids is 1. The van der Waals surface area contributed by atoms with Crippen molar-refractivity contribution in [1.29, 1.82) is 0 Å². The fraction of sp³-hybridized carbons (Fsp3) is 0.375. The van der Waals surface area contributed by atoms with Gasteiger partial charge in [0.1, 0.15) is 5.02 Å². The molecule has 0 aliphatic carbocycles. The number of thiol groups is 1. The Hall–Kier alpha value is -0.520. The highest BCUT2D eigenvalue weighted by Crippen LogP contribution is 2.28. The number of aromatic nitrogens is 2. The second kappa shape index (κ2) is 4.15. The maximum absolute atomic E-state index is 11.6. The molecule has 0 spiro atoms. The molecule has 4 nitrogen and oxygen atoms in total. The predicted octanol–water partition coefficient (Wildman–Crippen LogP) is 1.82. The number of nitrogens with zero attached hydrogens (tertiary/aromatic N) is 3. The predicted molar refractivity (Wildman–Crippen MR) is 61.8 cm³/mol. The van der Waals surface area contributed by atoms with Gasteiger partial charge in [-0.25, -0.2) is 4.98 Å². The first-order valence-corrected chi connectivity index (χ1v) is 5.51. The molecule has 0 N–H and O–H groups in total. The van der Waals surface area contributed by atoms with Crippen LogP contribution in [-0.4, -0.2) is 27.7 Å². The largest absolute Gasteiger partial charge is 0.294 e. The number of rotatable bonds is 1. The van der Waals surface area contributed by atoms with Crippen LogP contribution in [0, 0.1) is 0 Å². The lowest BCUT2D eigenvalue weighted by atomic mass is 10.4. The number of carbonyl (C=O) groups is 1. The average Bonchev–Trinajstić information content (AvgIpc) is 2.50. The summed E-state index contributed by atoms with van der Waals surface area (Å²) in [5, 5.41) is 0.405. The monoisotopic (exact) mass is 263 g/mol. The molecule has 1 fully saturated rings. The molecule has 1 aliphatic rings. The minimum Gasteiger partial charge on any atom is -0.294 e. The molecule has 1 unspecified atom stereocenters. The summed E-state index contributed by atoms with van der Waals surface area (Å²) in [5.41, 5.74) is 0. The topological polar surface area (TPSA) is 46.1 Å². The molecule has 15 heavy (non-hydrogen) atoms. The number of hydrogen-bond donors (Lipinski definition) is 1. The fourth-order valence-corrected chi connectivity index (χ4v) is 2.06. The van der Waals surface area contributed by atoms with E-state index in [0.717, 1.165) is 0 Å². The molecular formula is C8H7Cl2N3OS. The van der Waals surface area contributed by atoms with Crippen LogP contribution in [0.1, 0.15) is 6.42 Å². The molecule has 7 heteroatoms. The zero-order chi connectivity index (χ0) is 11.0. The van der Waals surface area contributed by atoms with Crippen LogP contribution in [0.3, 0.4) is 0 Å². The highest BCUT2D eigenvalue weighted by molar-refractivity contribution is 7.81. The molecule has 1 atom stereocenters. The van der Waals surface area contributed by atoms with Gasteiger partial charge < -0.3 is 0 Å². The van der Waals surface area contributed by atoms with E-state index in [1.807, 2.05) is 0 Å².